The van der Waals surface area contributed by atoms with E-state index in [-0.39, 0.29) is 35.7 Å². The molecule has 1 N–H and O–H groups in total. The van der Waals surface area contributed by atoms with Crippen LogP contribution in [0.15, 0.2) is 60.7 Å². The number of carbonyl (C=O) groups is 2. The molecule has 30 heavy (non-hydrogen) atoms. The van der Waals surface area contributed by atoms with Crippen LogP contribution in [0.25, 0.3) is 0 Å². The quantitative estimate of drug-likeness (QED) is 0.759. The van der Waals surface area contributed by atoms with Crippen molar-refractivity contribution in [3.8, 4) is 0 Å². The van der Waals surface area contributed by atoms with E-state index in [1.165, 1.54) is 5.56 Å². The smallest absolute Gasteiger partial charge is 0.226 e. The predicted octanol–water partition coefficient (Wildman–Crippen LogP) is 5.03. The maximum Gasteiger partial charge on any atom is 0.226 e. The lowest BCUT2D eigenvalue weighted by molar-refractivity contribution is -0.142. The van der Waals surface area contributed by atoms with Gasteiger partial charge in [-0.3, -0.25) is 9.59 Å². The van der Waals surface area contributed by atoms with Gasteiger partial charge in [0.15, 0.2) is 0 Å². The Morgan fingerprint density at radius 2 is 1.50 bits per heavy atom. The molecule has 1 saturated carbocycles. The molecule has 3 atom stereocenters. The molecule has 1 heterocycles. The number of benzene rings is 2. The zero-order chi connectivity index (χ0) is 20.9. The summed E-state index contributed by atoms with van der Waals surface area (Å²) in [5.41, 5.74) is 2.28. The summed E-state index contributed by atoms with van der Waals surface area (Å²) in [5.74, 6) is 0.278. The fourth-order valence-electron chi connectivity index (χ4n) is 5.01. The van der Waals surface area contributed by atoms with Gasteiger partial charge >= 0.3 is 0 Å². The summed E-state index contributed by atoms with van der Waals surface area (Å²) in [6.45, 7) is 2.53. The second-order valence-corrected chi connectivity index (χ2v) is 8.81. The Kier molecular flexibility index (Phi) is 6.51. The van der Waals surface area contributed by atoms with Crippen LogP contribution in [0, 0.1) is 11.8 Å². The van der Waals surface area contributed by atoms with Crippen molar-refractivity contribution >= 4 is 11.8 Å². The molecule has 0 bridgehead atoms. The molecule has 1 aliphatic carbocycles. The zero-order valence-electron chi connectivity index (χ0n) is 17.8. The van der Waals surface area contributed by atoms with Crippen LogP contribution in [0.2, 0.25) is 0 Å². The Morgan fingerprint density at radius 3 is 2.17 bits per heavy atom. The summed E-state index contributed by atoms with van der Waals surface area (Å²) >= 11 is 0. The van der Waals surface area contributed by atoms with Gasteiger partial charge in [-0.25, -0.2) is 0 Å². The van der Waals surface area contributed by atoms with Crippen molar-refractivity contribution in [3.05, 3.63) is 71.8 Å². The lowest BCUT2D eigenvalue weighted by Gasteiger charge is -2.41. The van der Waals surface area contributed by atoms with Gasteiger partial charge in [-0.1, -0.05) is 73.5 Å². The topological polar surface area (TPSA) is 49.4 Å². The zero-order valence-corrected chi connectivity index (χ0v) is 17.8. The summed E-state index contributed by atoms with van der Waals surface area (Å²) in [4.78, 5) is 28.5. The van der Waals surface area contributed by atoms with E-state index in [0.717, 1.165) is 44.1 Å². The minimum Gasteiger partial charge on any atom is -0.349 e. The first-order chi connectivity index (χ1) is 14.6. The van der Waals surface area contributed by atoms with E-state index in [9.17, 15) is 9.59 Å². The second-order valence-electron chi connectivity index (χ2n) is 8.81. The summed E-state index contributed by atoms with van der Waals surface area (Å²) in [5, 5.41) is 3.17. The Balaban J connectivity index is 1.48. The molecule has 4 nitrogen and oxygen atoms in total. The highest BCUT2D eigenvalue weighted by Gasteiger charge is 2.38. The Labute approximate surface area is 179 Å². The van der Waals surface area contributed by atoms with Gasteiger partial charge in [0.2, 0.25) is 11.8 Å². The number of nitrogens with one attached hydrogen (secondary N) is 1. The van der Waals surface area contributed by atoms with Crippen molar-refractivity contribution < 1.29 is 9.59 Å². The molecule has 0 spiro atoms. The highest BCUT2D eigenvalue weighted by Crippen LogP contribution is 2.37. The fourth-order valence-corrected chi connectivity index (χ4v) is 5.01. The Hall–Kier alpha value is -2.62. The minimum atomic E-state index is -0.151. The van der Waals surface area contributed by atoms with Crippen LogP contribution < -0.4 is 5.32 Å². The molecule has 1 aliphatic heterocycles. The monoisotopic (exact) mass is 404 g/mol. The summed E-state index contributed by atoms with van der Waals surface area (Å²) in [7, 11) is 0. The van der Waals surface area contributed by atoms with Gasteiger partial charge in [0.05, 0.1) is 18.0 Å². The number of hydrogen-bond acceptors (Lipinski definition) is 2. The van der Waals surface area contributed by atoms with E-state index < -0.39 is 0 Å². The molecule has 2 amide bonds. The number of piperidine rings is 1. The summed E-state index contributed by atoms with van der Waals surface area (Å²) in [6, 6.07) is 20.4. The van der Waals surface area contributed by atoms with E-state index in [1.807, 2.05) is 60.4 Å². The first-order valence-corrected chi connectivity index (χ1v) is 11.3. The summed E-state index contributed by atoms with van der Waals surface area (Å²) in [6.07, 6.45) is 5.89. The highest BCUT2D eigenvalue weighted by atomic mass is 16.2. The van der Waals surface area contributed by atoms with Crippen LogP contribution in [-0.4, -0.2) is 23.3 Å². The maximum absolute atomic E-state index is 13.4. The Morgan fingerprint density at radius 1 is 0.867 bits per heavy atom. The average Bonchev–Trinajstić information content (AvgIpc) is 3.34. The van der Waals surface area contributed by atoms with Gasteiger partial charge in [0, 0.05) is 12.5 Å². The molecule has 0 aromatic heterocycles. The Bertz CT molecular complexity index is 846. The van der Waals surface area contributed by atoms with Crippen molar-refractivity contribution in [1.29, 1.82) is 0 Å². The first-order valence-electron chi connectivity index (χ1n) is 11.3. The van der Waals surface area contributed by atoms with E-state index in [4.69, 9.17) is 0 Å². The first kappa shape index (κ1) is 20.6. The third kappa shape index (κ3) is 4.58. The SMILES string of the molecule is CC(NC(=O)C1CCC(c2ccccc2)N(C(=O)C2CCCC2)C1)c1ccccc1. The molecule has 1 saturated heterocycles. The standard InChI is InChI=1S/C26H32N2O2/c1-19(20-10-4-2-5-11-20)27-25(29)23-16-17-24(21-12-6-3-7-13-21)28(18-23)26(30)22-14-8-9-15-22/h2-7,10-13,19,22-24H,8-9,14-18H2,1H3,(H,27,29). The number of rotatable bonds is 5. The number of amides is 2. The number of nitrogens with zero attached hydrogens (tertiary/aromatic N) is 1. The number of likely N-dealkylation sites (tertiary alicyclic amines) is 1. The molecular formula is C26H32N2O2. The van der Waals surface area contributed by atoms with Crippen molar-refractivity contribution in [2.45, 2.75) is 57.5 Å². The normalized spacial score (nSPS) is 23.2. The largest absolute Gasteiger partial charge is 0.349 e. The molecule has 0 radical (unpaired) electrons. The van der Waals surface area contributed by atoms with Crippen molar-refractivity contribution in [2.75, 3.05) is 6.54 Å². The highest BCUT2D eigenvalue weighted by molar-refractivity contribution is 5.83. The second kappa shape index (κ2) is 9.46. The van der Waals surface area contributed by atoms with Crippen LogP contribution in [0.5, 0.6) is 0 Å². The van der Waals surface area contributed by atoms with E-state index in [1.54, 1.807) is 0 Å². The van der Waals surface area contributed by atoms with Crippen molar-refractivity contribution in [1.82, 2.24) is 10.2 Å². The van der Waals surface area contributed by atoms with Gasteiger partial charge in [-0.05, 0) is 43.7 Å². The lowest BCUT2D eigenvalue weighted by atomic mass is 9.87. The number of carbonyl (C=O) groups excluding carboxylic acids is 2. The van der Waals surface area contributed by atoms with Crippen molar-refractivity contribution in [2.24, 2.45) is 11.8 Å². The molecule has 3 unspecified atom stereocenters. The van der Waals surface area contributed by atoms with Gasteiger partial charge in [-0.15, -0.1) is 0 Å². The summed E-state index contributed by atoms with van der Waals surface area (Å²) < 4.78 is 0. The predicted molar refractivity (Wildman–Crippen MR) is 119 cm³/mol. The molecule has 4 heteroatoms. The van der Waals surface area contributed by atoms with Gasteiger partial charge in [0.25, 0.3) is 0 Å². The molecule has 2 aromatic rings. The number of hydrogen-bond donors (Lipinski definition) is 1. The maximum atomic E-state index is 13.4. The lowest BCUT2D eigenvalue weighted by Crippen LogP contribution is -2.48. The molecule has 158 valence electrons. The van der Waals surface area contributed by atoms with Crippen LogP contribution in [-0.2, 0) is 9.59 Å². The van der Waals surface area contributed by atoms with Crippen LogP contribution in [0.1, 0.15) is 68.7 Å². The van der Waals surface area contributed by atoms with Gasteiger partial charge in [-0.2, -0.15) is 0 Å². The fraction of sp³-hybridized carbons (Fsp3) is 0.462. The van der Waals surface area contributed by atoms with E-state index in [2.05, 4.69) is 17.4 Å². The van der Waals surface area contributed by atoms with Gasteiger partial charge in [0.1, 0.15) is 0 Å². The molecule has 2 aliphatic rings. The van der Waals surface area contributed by atoms with E-state index in [0.29, 0.717) is 6.54 Å². The molecule has 2 fully saturated rings. The van der Waals surface area contributed by atoms with Gasteiger partial charge < -0.3 is 10.2 Å². The van der Waals surface area contributed by atoms with Crippen LogP contribution >= 0.6 is 0 Å². The third-order valence-electron chi connectivity index (χ3n) is 6.78. The third-order valence-corrected chi connectivity index (χ3v) is 6.78. The molecular weight excluding hydrogens is 372 g/mol. The molecule has 2 aromatic carbocycles. The molecule has 4 rings (SSSR count). The van der Waals surface area contributed by atoms with Crippen molar-refractivity contribution in [3.63, 3.8) is 0 Å². The average molecular weight is 405 g/mol. The minimum absolute atomic E-state index is 0.0375. The van der Waals surface area contributed by atoms with E-state index >= 15 is 0 Å². The van der Waals surface area contributed by atoms with Crippen LogP contribution in [0.4, 0.5) is 0 Å². The van der Waals surface area contributed by atoms with Crippen LogP contribution in [0.3, 0.4) is 0 Å².